The van der Waals surface area contributed by atoms with Gasteiger partial charge in [-0.15, -0.1) is 0 Å². The topological polar surface area (TPSA) is 93.1 Å². The van der Waals surface area contributed by atoms with Crippen LogP contribution in [-0.2, 0) is 14.8 Å². The standard InChI is InChI=1S/C12H15NO6S/c1-8(12(14)15)13(2)20(16,17)10-5-3-4-9-11(10)19-7-6-18-9/h3-5,8H,6-7H2,1-2H3,(H,14,15). The summed E-state index contributed by atoms with van der Waals surface area (Å²) in [5, 5.41) is 8.94. The highest BCUT2D eigenvalue weighted by Crippen LogP contribution is 2.37. The lowest BCUT2D eigenvalue weighted by atomic mass is 10.3. The van der Waals surface area contributed by atoms with Gasteiger partial charge in [-0.1, -0.05) is 6.07 Å². The molecule has 0 bridgehead atoms. The molecule has 110 valence electrons. The van der Waals surface area contributed by atoms with Crippen LogP contribution in [0.1, 0.15) is 6.92 Å². The number of sulfonamides is 1. The van der Waals surface area contributed by atoms with Crippen LogP contribution in [-0.4, -0.2) is 50.1 Å². The molecule has 0 saturated heterocycles. The molecule has 0 saturated carbocycles. The van der Waals surface area contributed by atoms with Gasteiger partial charge in [0.2, 0.25) is 10.0 Å². The molecule has 0 radical (unpaired) electrons. The second-order valence-electron chi connectivity index (χ2n) is 4.32. The van der Waals surface area contributed by atoms with E-state index in [-0.39, 0.29) is 17.3 Å². The van der Waals surface area contributed by atoms with E-state index < -0.39 is 22.0 Å². The highest BCUT2D eigenvalue weighted by Gasteiger charge is 2.33. The van der Waals surface area contributed by atoms with E-state index in [9.17, 15) is 13.2 Å². The number of carbonyl (C=O) groups is 1. The highest BCUT2D eigenvalue weighted by molar-refractivity contribution is 7.89. The third-order valence-electron chi connectivity index (χ3n) is 3.09. The average molecular weight is 301 g/mol. The van der Waals surface area contributed by atoms with Crippen LogP contribution in [0.3, 0.4) is 0 Å². The van der Waals surface area contributed by atoms with Gasteiger partial charge in [-0.05, 0) is 19.1 Å². The molecule has 1 aliphatic rings. The Kier molecular flexibility index (Phi) is 3.87. The first-order chi connectivity index (χ1) is 9.35. The molecule has 1 aromatic carbocycles. The summed E-state index contributed by atoms with van der Waals surface area (Å²) in [5.74, 6) is -0.755. The SMILES string of the molecule is CC(C(=O)O)N(C)S(=O)(=O)c1cccc2c1OCCO2. The van der Waals surface area contributed by atoms with Gasteiger partial charge in [0.25, 0.3) is 0 Å². The molecule has 8 heteroatoms. The van der Waals surface area contributed by atoms with Gasteiger partial charge in [-0.25, -0.2) is 8.42 Å². The highest BCUT2D eigenvalue weighted by atomic mass is 32.2. The van der Waals surface area contributed by atoms with Crippen molar-refractivity contribution in [1.82, 2.24) is 4.31 Å². The van der Waals surface area contributed by atoms with Crippen LogP contribution in [0.25, 0.3) is 0 Å². The van der Waals surface area contributed by atoms with E-state index in [0.29, 0.717) is 12.4 Å². The van der Waals surface area contributed by atoms with Crippen molar-refractivity contribution in [2.75, 3.05) is 20.3 Å². The Morgan fingerprint density at radius 1 is 1.35 bits per heavy atom. The Hall–Kier alpha value is -1.80. The van der Waals surface area contributed by atoms with Crippen LogP contribution in [0.15, 0.2) is 23.1 Å². The van der Waals surface area contributed by atoms with E-state index >= 15 is 0 Å². The zero-order chi connectivity index (χ0) is 14.9. The van der Waals surface area contributed by atoms with Crippen LogP contribution >= 0.6 is 0 Å². The van der Waals surface area contributed by atoms with Crippen molar-refractivity contribution in [3.63, 3.8) is 0 Å². The minimum Gasteiger partial charge on any atom is -0.486 e. The quantitative estimate of drug-likeness (QED) is 0.873. The number of rotatable bonds is 4. The molecular formula is C12H15NO6S. The third-order valence-corrected chi connectivity index (χ3v) is 5.04. The number of para-hydroxylation sites is 1. The number of hydrogen-bond donors (Lipinski definition) is 1. The summed E-state index contributed by atoms with van der Waals surface area (Å²) in [6.45, 7) is 1.89. The summed E-state index contributed by atoms with van der Waals surface area (Å²) in [6, 6.07) is 3.32. The Balaban J connectivity index is 2.47. The van der Waals surface area contributed by atoms with E-state index in [1.807, 2.05) is 0 Å². The third kappa shape index (κ3) is 2.44. The van der Waals surface area contributed by atoms with Crippen LogP contribution in [0.5, 0.6) is 11.5 Å². The Bertz CT molecular complexity index is 627. The second kappa shape index (κ2) is 5.29. The monoisotopic (exact) mass is 301 g/mol. The van der Waals surface area contributed by atoms with Crippen LogP contribution in [0.4, 0.5) is 0 Å². The fourth-order valence-corrected chi connectivity index (χ4v) is 3.23. The maximum absolute atomic E-state index is 12.5. The smallest absolute Gasteiger partial charge is 0.321 e. The number of carboxylic acids is 1. The van der Waals surface area contributed by atoms with Gasteiger partial charge in [0.05, 0.1) is 0 Å². The number of aliphatic carboxylic acids is 1. The van der Waals surface area contributed by atoms with Gasteiger partial charge in [0.15, 0.2) is 11.5 Å². The van der Waals surface area contributed by atoms with E-state index in [4.69, 9.17) is 14.6 Å². The number of carboxylic acid groups (broad SMARTS) is 1. The predicted molar refractivity (Wildman–Crippen MR) is 69.5 cm³/mol. The molecule has 2 rings (SSSR count). The largest absolute Gasteiger partial charge is 0.486 e. The molecule has 0 fully saturated rings. The molecule has 1 aromatic rings. The lowest BCUT2D eigenvalue weighted by molar-refractivity contribution is -0.140. The lowest BCUT2D eigenvalue weighted by Gasteiger charge is -2.25. The number of ether oxygens (including phenoxy) is 2. The maximum atomic E-state index is 12.5. The fraction of sp³-hybridized carbons (Fsp3) is 0.417. The summed E-state index contributed by atoms with van der Waals surface area (Å²) < 4.78 is 36.4. The minimum atomic E-state index is -3.98. The Labute approximate surface area is 116 Å². The maximum Gasteiger partial charge on any atom is 0.321 e. The molecule has 1 heterocycles. The van der Waals surface area contributed by atoms with Crippen molar-refractivity contribution < 1.29 is 27.8 Å². The average Bonchev–Trinajstić information content (AvgIpc) is 2.44. The van der Waals surface area contributed by atoms with E-state index in [1.54, 1.807) is 6.07 Å². The minimum absolute atomic E-state index is 0.0923. The lowest BCUT2D eigenvalue weighted by Crippen LogP contribution is -2.40. The van der Waals surface area contributed by atoms with E-state index in [0.717, 1.165) is 4.31 Å². The normalized spacial score (nSPS) is 15.9. The van der Waals surface area contributed by atoms with Gasteiger partial charge >= 0.3 is 5.97 Å². The van der Waals surface area contributed by atoms with Crippen molar-refractivity contribution in [2.24, 2.45) is 0 Å². The summed E-state index contributed by atoms with van der Waals surface area (Å²) in [7, 11) is -2.76. The number of nitrogens with zero attached hydrogens (tertiary/aromatic N) is 1. The second-order valence-corrected chi connectivity index (χ2v) is 6.28. The van der Waals surface area contributed by atoms with Crippen LogP contribution < -0.4 is 9.47 Å². The van der Waals surface area contributed by atoms with Crippen molar-refractivity contribution in [3.8, 4) is 11.5 Å². The summed E-state index contributed by atoms with van der Waals surface area (Å²) >= 11 is 0. The molecule has 1 N–H and O–H groups in total. The molecular weight excluding hydrogens is 286 g/mol. The molecule has 0 aliphatic carbocycles. The number of fused-ring (bicyclic) bond motifs is 1. The van der Waals surface area contributed by atoms with Crippen molar-refractivity contribution in [2.45, 2.75) is 17.9 Å². The van der Waals surface area contributed by atoms with Gasteiger partial charge in [0.1, 0.15) is 24.2 Å². The Morgan fingerprint density at radius 2 is 2.00 bits per heavy atom. The zero-order valence-corrected chi connectivity index (χ0v) is 11.9. The molecule has 0 spiro atoms. The summed E-state index contributed by atoms with van der Waals surface area (Å²) in [6.07, 6.45) is 0. The molecule has 1 unspecified atom stereocenters. The molecule has 1 atom stereocenters. The van der Waals surface area contributed by atoms with Crippen LogP contribution in [0.2, 0.25) is 0 Å². The first-order valence-electron chi connectivity index (χ1n) is 5.95. The van der Waals surface area contributed by atoms with Gasteiger partial charge < -0.3 is 14.6 Å². The molecule has 1 aliphatic heterocycles. The summed E-state index contributed by atoms with van der Waals surface area (Å²) in [5.41, 5.74) is 0. The van der Waals surface area contributed by atoms with Gasteiger partial charge in [0, 0.05) is 7.05 Å². The van der Waals surface area contributed by atoms with Gasteiger partial charge in [-0.3, -0.25) is 4.79 Å². The van der Waals surface area contributed by atoms with E-state index in [1.165, 1.54) is 26.1 Å². The van der Waals surface area contributed by atoms with Crippen molar-refractivity contribution in [3.05, 3.63) is 18.2 Å². The van der Waals surface area contributed by atoms with Crippen LogP contribution in [0, 0.1) is 0 Å². The zero-order valence-electron chi connectivity index (χ0n) is 11.1. The van der Waals surface area contributed by atoms with E-state index in [2.05, 4.69) is 0 Å². The first-order valence-corrected chi connectivity index (χ1v) is 7.39. The fourth-order valence-electron chi connectivity index (χ4n) is 1.77. The van der Waals surface area contributed by atoms with Crippen molar-refractivity contribution in [1.29, 1.82) is 0 Å². The first kappa shape index (κ1) is 14.6. The predicted octanol–water partition coefficient (Wildman–Crippen LogP) is 0.551. The molecule has 0 aromatic heterocycles. The van der Waals surface area contributed by atoms with Gasteiger partial charge in [-0.2, -0.15) is 4.31 Å². The number of hydrogen-bond acceptors (Lipinski definition) is 5. The number of benzene rings is 1. The summed E-state index contributed by atoms with van der Waals surface area (Å²) in [4.78, 5) is 10.9. The molecule has 7 nitrogen and oxygen atoms in total. The molecule has 20 heavy (non-hydrogen) atoms. The van der Waals surface area contributed by atoms with Crippen molar-refractivity contribution >= 4 is 16.0 Å². The molecule has 0 amide bonds. The number of likely N-dealkylation sites (N-methyl/N-ethyl adjacent to an activating group) is 1. The Morgan fingerprint density at radius 3 is 2.65 bits per heavy atom.